The molecule has 0 fully saturated rings. The summed E-state index contributed by atoms with van der Waals surface area (Å²) in [6.07, 6.45) is 3.36. The number of benzene rings is 2. The number of pyridine rings is 1. The van der Waals surface area contributed by atoms with Crippen molar-refractivity contribution in [3.8, 4) is 11.5 Å². The fraction of sp³-hybridized carbons (Fsp3) is 0.280. The SMILES string of the molecule is O=C1c2c(O)c(=O)ccn2N2CN1CCCCCOc1c(ccc(F)c1F)[C@@H]2c1ccccc1. The maximum Gasteiger partial charge on any atom is 0.277 e. The Kier molecular flexibility index (Phi) is 5.69. The molecule has 2 bridgehead atoms. The van der Waals surface area contributed by atoms with E-state index in [0.29, 0.717) is 31.4 Å². The number of aromatic nitrogens is 1. The van der Waals surface area contributed by atoms with Crippen LogP contribution in [0.25, 0.3) is 0 Å². The molecule has 9 heteroatoms. The Hall–Kier alpha value is -3.88. The molecule has 176 valence electrons. The van der Waals surface area contributed by atoms with Crippen molar-refractivity contribution >= 4 is 5.91 Å². The van der Waals surface area contributed by atoms with E-state index in [4.69, 9.17) is 4.74 Å². The number of halogens is 2. The normalized spacial score (nSPS) is 18.3. The van der Waals surface area contributed by atoms with E-state index in [1.165, 1.54) is 23.0 Å². The van der Waals surface area contributed by atoms with Crippen LogP contribution in [-0.2, 0) is 0 Å². The van der Waals surface area contributed by atoms with Crippen LogP contribution in [0.3, 0.4) is 0 Å². The van der Waals surface area contributed by atoms with E-state index in [-0.39, 0.29) is 24.7 Å². The van der Waals surface area contributed by atoms with Gasteiger partial charge < -0.3 is 14.7 Å². The highest BCUT2D eigenvalue weighted by Gasteiger charge is 2.38. The van der Waals surface area contributed by atoms with Crippen molar-refractivity contribution in [2.75, 3.05) is 24.8 Å². The predicted octanol–water partition coefficient (Wildman–Crippen LogP) is 3.54. The van der Waals surface area contributed by atoms with Gasteiger partial charge in [-0.15, -0.1) is 0 Å². The largest absolute Gasteiger partial charge is 0.502 e. The topological polar surface area (TPSA) is 75.0 Å². The summed E-state index contributed by atoms with van der Waals surface area (Å²) in [5, 5.41) is 12.3. The van der Waals surface area contributed by atoms with E-state index in [0.717, 1.165) is 11.6 Å². The summed E-state index contributed by atoms with van der Waals surface area (Å²) in [6.45, 7) is 0.711. The second-order valence-electron chi connectivity index (χ2n) is 8.37. The molecular formula is C25H23F2N3O4. The third-order valence-corrected chi connectivity index (χ3v) is 6.24. The maximum absolute atomic E-state index is 15.0. The van der Waals surface area contributed by atoms with Crippen LogP contribution < -0.4 is 15.2 Å². The summed E-state index contributed by atoms with van der Waals surface area (Å²) in [6, 6.07) is 12.1. The molecule has 1 atom stereocenters. The zero-order chi connectivity index (χ0) is 23.8. The average molecular weight is 467 g/mol. The van der Waals surface area contributed by atoms with Crippen molar-refractivity contribution in [2.24, 2.45) is 0 Å². The first-order valence-corrected chi connectivity index (χ1v) is 11.1. The van der Waals surface area contributed by atoms with Gasteiger partial charge in [0.1, 0.15) is 12.7 Å². The van der Waals surface area contributed by atoms with Gasteiger partial charge in [0, 0.05) is 24.4 Å². The lowest BCUT2D eigenvalue weighted by atomic mass is 9.96. The minimum atomic E-state index is -1.08. The fourth-order valence-electron chi connectivity index (χ4n) is 4.58. The number of amides is 1. The van der Waals surface area contributed by atoms with Crippen molar-refractivity contribution in [3.63, 3.8) is 0 Å². The van der Waals surface area contributed by atoms with Gasteiger partial charge in [0.15, 0.2) is 23.0 Å². The summed E-state index contributed by atoms with van der Waals surface area (Å²) in [5.41, 5.74) is 0.260. The molecule has 34 heavy (non-hydrogen) atoms. The Bertz CT molecular complexity index is 1300. The van der Waals surface area contributed by atoms with E-state index in [1.54, 1.807) is 9.91 Å². The molecule has 3 heterocycles. The molecule has 2 aliphatic rings. The van der Waals surface area contributed by atoms with Gasteiger partial charge in [-0.2, -0.15) is 4.39 Å². The first-order chi connectivity index (χ1) is 16.5. The van der Waals surface area contributed by atoms with Gasteiger partial charge in [-0.25, -0.2) is 4.39 Å². The molecule has 0 saturated carbocycles. The van der Waals surface area contributed by atoms with Crippen LogP contribution >= 0.6 is 0 Å². The monoisotopic (exact) mass is 467 g/mol. The predicted molar refractivity (Wildman–Crippen MR) is 120 cm³/mol. The third-order valence-electron chi connectivity index (χ3n) is 6.24. The van der Waals surface area contributed by atoms with Crippen molar-refractivity contribution in [1.82, 2.24) is 9.58 Å². The quantitative estimate of drug-likeness (QED) is 0.593. The van der Waals surface area contributed by atoms with Crippen LogP contribution in [0.4, 0.5) is 8.78 Å². The Morgan fingerprint density at radius 1 is 0.971 bits per heavy atom. The van der Waals surface area contributed by atoms with Crippen LogP contribution in [0.2, 0.25) is 0 Å². The molecule has 1 N–H and O–H groups in total. The van der Waals surface area contributed by atoms with Gasteiger partial charge in [-0.1, -0.05) is 30.3 Å². The van der Waals surface area contributed by atoms with Crippen LogP contribution in [0.15, 0.2) is 59.5 Å². The van der Waals surface area contributed by atoms with E-state index < -0.39 is 34.8 Å². The van der Waals surface area contributed by atoms with Crippen LogP contribution in [0, 0.1) is 11.6 Å². The summed E-state index contributed by atoms with van der Waals surface area (Å²) < 4.78 is 36.5. The summed E-state index contributed by atoms with van der Waals surface area (Å²) >= 11 is 0. The highest BCUT2D eigenvalue weighted by atomic mass is 19.2. The number of rotatable bonds is 1. The Labute approximate surface area is 194 Å². The molecule has 2 aliphatic heterocycles. The summed E-state index contributed by atoms with van der Waals surface area (Å²) in [5.74, 6) is -3.40. The number of carbonyl (C=O) groups is 1. The number of carbonyl (C=O) groups excluding carboxylic acids is 1. The van der Waals surface area contributed by atoms with Crippen molar-refractivity contribution in [2.45, 2.75) is 25.3 Å². The Balaban J connectivity index is 1.80. The molecule has 1 aromatic heterocycles. The lowest BCUT2D eigenvalue weighted by Gasteiger charge is -2.44. The molecule has 0 aliphatic carbocycles. The summed E-state index contributed by atoms with van der Waals surface area (Å²) in [7, 11) is 0. The van der Waals surface area contributed by atoms with Crippen molar-refractivity contribution in [3.05, 3.63) is 93.4 Å². The number of hydrogen-bond acceptors (Lipinski definition) is 5. The highest BCUT2D eigenvalue weighted by Crippen LogP contribution is 2.39. The average Bonchev–Trinajstić information content (AvgIpc) is 2.84. The van der Waals surface area contributed by atoms with Crippen LogP contribution in [0.1, 0.15) is 46.9 Å². The van der Waals surface area contributed by atoms with E-state index in [2.05, 4.69) is 0 Å². The van der Waals surface area contributed by atoms with Gasteiger partial charge in [-0.05, 0) is 37.0 Å². The van der Waals surface area contributed by atoms with E-state index in [9.17, 15) is 19.1 Å². The fourth-order valence-corrected chi connectivity index (χ4v) is 4.58. The molecule has 1 amide bonds. The minimum Gasteiger partial charge on any atom is -0.502 e. The van der Waals surface area contributed by atoms with Crippen LogP contribution in [0.5, 0.6) is 11.5 Å². The van der Waals surface area contributed by atoms with Gasteiger partial charge >= 0.3 is 0 Å². The minimum absolute atomic E-state index is 0.103. The second-order valence-corrected chi connectivity index (χ2v) is 8.37. The lowest BCUT2D eigenvalue weighted by Crippen LogP contribution is -2.55. The van der Waals surface area contributed by atoms with Gasteiger partial charge in [0.25, 0.3) is 5.91 Å². The molecule has 0 radical (unpaired) electrons. The van der Waals surface area contributed by atoms with Gasteiger partial charge in [-0.3, -0.25) is 19.3 Å². The number of ether oxygens (including phenoxy) is 1. The zero-order valence-corrected chi connectivity index (χ0v) is 18.3. The number of aromatic hydroxyl groups is 1. The Morgan fingerprint density at radius 2 is 1.76 bits per heavy atom. The molecule has 0 saturated heterocycles. The van der Waals surface area contributed by atoms with Gasteiger partial charge in [0.05, 0.1) is 6.61 Å². The maximum atomic E-state index is 15.0. The smallest absolute Gasteiger partial charge is 0.277 e. The number of hydrogen-bond donors (Lipinski definition) is 1. The lowest BCUT2D eigenvalue weighted by molar-refractivity contribution is 0.0674. The van der Waals surface area contributed by atoms with Gasteiger partial charge in [0.2, 0.25) is 11.2 Å². The molecule has 0 spiro atoms. The number of nitrogens with zero attached hydrogens (tertiary/aromatic N) is 3. The van der Waals surface area contributed by atoms with E-state index >= 15 is 4.39 Å². The standard InChI is InChI=1S/C25H23F2N3O4/c26-18-10-9-17-21(16-7-3-1-4-8-16)30-15-28(12-5-2-6-14-34-24(17)20(18)27)25(33)22-23(32)19(31)11-13-29(22)30/h1,3-4,7-11,13,21,32H,2,5-6,12,14-15H2/t21-/m0/s1. The van der Waals surface area contributed by atoms with Crippen molar-refractivity contribution in [1.29, 1.82) is 0 Å². The van der Waals surface area contributed by atoms with E-state index in [1.807, 2.05) is 30.3 Å². The highest BCUT2D eigenvalue weighted by molar-refractivity contribution is 5.96. The molecule has 5 rings (SSSR count). The molecular weight excluding hydrogens is 444 g/mol. The van der Waals surface area contributed by atoms with Crippen molar-refractivity contribution < 1.29 is 23.4 Å². The zero-order valence-electron chi connectivity index (χ0n) is 18.3. The molecule has 2 aromatic carbocycles. The van der Waals surface area contributed by atoms with Crippen LogP contribution in [-0.4, -0.2) is 40.4 Å². The Morgan fingerprint density at radius 3 is 2.56 bits per heavy atom. The first-order valence-electron chi connectivity index (χ1n) is 11.1. The second kappa shape index (κ2) is 8.81. The summed E-state index contributed by atoms with van der Waals surface area (Å²) in [4.78, 5) is 27.0. The third kappa shape index (κ3) is 3.67. The number of fused-ring (bicyclic) bond motifs is 5. The first kappa shape index (κ1) is 21.9. The molecule has 3 aromatic rings. The molecule has 0 unspecified atom stereocenters. The molecule has 7 nitrogen and oxygen atoms in total.